The van der Waals surface area contributed by atoms with Crippen molar-refractivity contribution in [1.29, 1.82) is 0 Å². The quantitative estimate of drug-likeness (QED) is 0.715. The molecule has 1 fully saturated rings. The summed E-state index contributed by atoms with van der Waals surface area (Å²) in [6.07, 6.45) is 3.65. The zero-order valence-electron chi connectivity index (χ0n) is 15.4. The molecular weight excluding hydrogens is 322 g/mol. The van der Waals surface area contributed by atoms with Gasteiger partial charge in [-0.3, -0.25) is 0 Å². The lowest BCUT2D eigenvalue weighted by atomic mass is 9.75. The molecule has 2 aromatic rings. The van der Waals surface area contributed by atoms with Crippen LogP contribution in [0.2, 0.25) is 0 Å². The third-order valence-corrected chi connectivity index (χ3v) is 5.13. The second-order valence-corrected chi connectivity index (χ2v) is 7.42. The summed E-state index contributed by atoms with van der Waals surface area (Å²) < 4.78 is 0. The van der Waals surface area contributed by atoms with Gasteiger partial charge in [-0.2, -0.15) is 0 Å². The minimum absolute atomic E-state index is 0.0621. The summed E-state index contributed by atoms with van der Waals surface area (Å²) >= 11 is 0. The fourth-order valence-electron chi connectivity index (χ4n) is 3.56. The van der Waals surface area contributed by atoms with Gasteiger partial charge in [0.15, 0.2) is 0 Å². The van der Waals surface area contributed by atoms with Crippen molar-refractivity contribution in [2.75, 3.05) is 6.54 Å². The summed E-state index contributed by atoms with van der Waals surface area (Å²) in [6, 6.07) is 19.1. The zero-order valence-corrected chi connectivity index (χ0v) is 15.4. The Morgan fingerprint density at radius 1 is 1.15 bits per heavy atom. The van der Waals surface area contributed by atoms with E-state index in [0.29, 0.717) is 12.5 Å². The molecule has 1 saturated carbocycles. The maximum Gasteiger partial charge on any atom is 0.315 e. The third-order valence-electron chi connectivity index (χ3n) is 5.13. The zero-order chi connectivity index (χ0) is 18.4. The van der Waals surface area contributed by atoms with Crippen LogP contribution in [0.3, 0.4) is 0 Å². The van der Waals surface area contributed by atoms with Crippen molar-refractivity contribution in [1.82, 2.24) is 10.6 Å². The fourth-order valence-corrected chi connectivity index (χ4v) is 3.56. The van der Waals surface area contributed by atoms with Crippen LogP contribution < -0.4 is 16.4 Å². The molecule has 2 amide bonds. The summed E-state index contributed by atoms with van der Waals surface area (Å²) in [5.41, 5.74) is 10.1. The van der Waals surface area contributed by atoms with E-state index in [1.807, 2.05) is 18.2 Å². The Kier molecular flexibility index (Phi) is 6.29. The largest absolute Gasteiger partial charge is 0.338 e. The minimum Gasteiger partial charge on any atom is -0.338 e. The van der Waals surface area contributed by atoms with Gasteiger partial charge < -0.3 is 16.4 Å². The molecule has 4 N–H and O–H groups in total. The molecule has 138 valence electrons. The van der Waals surface area contributed by atoms with Gasteiger partial charge in [0, 0.05) is 18.6 Å². The lowest BCUT2D eigenvalue weighted by molar-refractivity contribution is 0.222. The van der Waals surface area contributed by atoms with Crippen LogP contribution in [0.15, 0.2) is 54.6 Å². The molecular formula is C22H29N3O. The molecule has 0 saturated heterocycles. The van der Waals surface area contributed by atoms with Crippen molar-refractivity contribution in [2.24, 2.45) is 5.73 Å². The molecule has 0 aliphatic heterocycles. The number of benzene rings is 2. The highest BCUT2D eigenvalue weighted by atomic mass is 16.2. The van der Waals surface area contributed by atoms with Gasteiger partial charge in [0.25, 0.3) is 0 Å². The lowest BCUT2D eigenvalue weighted by Crippen LogP contribution is -2.48. The number of carbonyl (C=O) groups excluding carboxylic acids is 1. The van der Waals surface area contributed by atoms with E-state index in [4.69, 9.17) is 5.73 Å². The molecule has 4 heteroatoms. The van der Waals surface area contributed by atoms with E-state index in [9.17, 15) is 4.79 Å². The van der Waals surface area contributed by atoms with E-state index >= 15 is 0 Å². The highest BCUT2D eigenvalue weighted by molar-refractivity contribution is 5.74. The first-order chi connectivity index (χ1) is 12.6. The highest BCUT2D eigenvalue weighted by Gasteiger charge is 2.31. The normalized spacial score (nSPS) is 20.1. The first-order valence-electron chi connectivity index (χ1n) is 9.50. The van der Waals surface area contributed by atoms with Crippen molar-refractivity contribution in [2.45, 2.75) is 50.6 Å². The van der Waals surface area contributed by atoms with Crippen LogP contribution in [0.1, 0.15) is 41.9 Å². The van der Waals surface area contributed by atoms with Crippen LogP contribution in [0.25, 0.3) is 0 Å². The topological polar surface area (TPSA) is 67.2 Å². The smallest absolute Gasteiger partial charge is 0.315 e. The molecule has 0 radical (unpaired) electrons. The predicted octanol–water partition coefficient (Wildman–Crippen LogP) is 3.50. The first-order valence-corrected chi connectivity index (χ1v) is 9.50. The second kappa shape index (κ2) is 8.86. The third kappa shape index (κ3) is 5.33. The second-order valence-electron chi connectivity index (χ2n) is 7.42. The van der Waals surface area contributed by atoms with Gasteiger partial charge in [-0.15, -0.1) is 0 Å². The van der Waals surface area contributed by atoms with Gasteiger partial charge in [-0.25, -0.2) is 4.79 Å². The van der Waals surface area contributed by atoms with Crippen LogP contribution >= 0.6 is 0 Å². The molecule has 0 aromatic heterocycles. The van der Waals surface area contributed by atoms with Crippen LogP contribution in [0.4, 0.5) is 4.79 Å². The minimum atomic E-state index is -0.0791. The molecule has 2 aromatic carbocycles. The van der Waals surface area contributed by atoms with Gasteiger partial charge in [0.1, 0.15) is 0 Å². The summed E-state index contributed by atoms with van der Waals surface area (Å²) in [5.74, 6) is 0.569. The molecule has 3 rings (SSSR count). The maximum atomic E-state index is 12.0. The molecule has 0 spiro atoms. The number of rotatable bonds is 7. The average Bonchev–Trinajstić information content (AvgIpc) is 2.58. The van der Waals surface area contributed by atoms with Crippen LogP contribution in [-0.2, 0) is 6.42 Å². The van der Waals surface area contributed by atoms with Gasteiger partial charge in [-0.1, -0.05) is 60.2 Å². The van der Waals surface area contributed by atoms with Crippen molar-refractivity contribution in [3.8, 4) is 0 Å². The number of aryl methyl sites for hydroxylation is 1. The van der Waals surface area contributed by atoms with Crippen molar-refractivity contribution in [3.05, 3.63) is 71.3 Å². The maximum absolute atomic E-state index is 12.0. The van der Waals surface area contributed by atoms with Gasteiger partial charge in [0.2, 0.25) is 0 Å². The molecule has 1 atom stereocenters. The van der Waals surface area contributed by atoms with Crippen LogP contribution in [0, 0.1) is 6.92 Å². The lowest BCUT2D eigenvalue weighted by Gasteiger charge is -2.36. The predicted molar refractivity (Wildman–Crippen MR) is 106 cm³/mol. The van der Waals surface area contributed by atoms with Crippen LogP contribution in [-0.4, -0.2) is 24.7 Å². The Morgan fingerprint density at radius 2 is 1.92 bits per heavy atom. The fraction of sp³-hybridized carbons (Fsp3) is 0.409. The van der Waals surface area contributed by atoms with Crippen molar-refractivity contribution < 1.29 is 4.79 Å². The molecule has 0 heterocycles. The summed E-state index contributed by atoms with van der Waals surface area (Å²) in [4.78, 5) is 12.0. The van der Waals surface area contributed by atoms with Crippen molar-refractivity contribution >= 4 is 6.03 Å². The number of carbonyl (C=O) groups is 1. The number of nitrogens with one attached hydrogen (secondary N) is 2. The molecule has 4 nitrogen and oxygen atoms in total. The Morgan fingerprint density at radius 3 is 2.65 bits per heavy atom. The van der Waals surface area contributed by atoms with Gasteiger partial charge >= 0.3 is 6.03 Å². The number of nitrogens with two attached hydrogens (primary N) is 1. The highest BCUT2D eigenvalue weighted by Crippen LogP contribution is 2.36. The summed E-state index contributed by atoms with van der Waals surface area (Å²) in [6.45, 7) is 2.72. The van der Waals surface area contributed by atoms with E-state index < -0.39 is 0 Å². The standard InChI is InChI=1S/C22H29N3O/c1-16-6-5-9-18(12-16)19-14-21(15-19)25-22(26)24-11-10-20(23)13-17-7-3-2-4-8-17/h2-9,12,19-21H,10-11,13-15,23H2,1H3,(H2,24,25,26). The van der Waals surface area contributed by atoms with E-state index in [-0.39, 0.29) is 18.1 Å². The Balaban J connectivity index is 1.30. The van der Waals surface area contributed by atoms with Gasteiger partial charge in [0.05, 0.1) is 0 Å². The molecule has 26 heavy (non-hydrogen) atoms. The molecule has 1 unspecified atom stereocenters. The van der Waals surface area contributed by atoms with Gasteiger partial charge in [-0.05, 0) is 49.7 Å². The molecule has 1 aliphatic carbocycles. The monoisotopic (exact) mass is 351 g/mol. The van der Waals surface area contributed by atoms with E-state index in [1.54, 1.807) is 0 Å². The molecule has 0 bridgehead atoms. The van der Waals surface area contributed by atoms with E-state index in [2.05, 4.69) is 54.0 Å². The summed E-state index contributed by atoms with van der Waals surface area (Å²) in [7, 11) is 0. The summed E-state index contributed by atoms with van der Waals surface area (Å²) in [5, 5.41) is 6.00. The van der Waals surface area contributed by atoms with Crippen molar-refractivity contribution in [3.63, 3.8) is 0 Å². The number of urea groups is 1. The van der Waals surface area contributed by atoms with Crippen LogP contribution in [0.5, 0.6) is 0 Å². The SMILES string of the molecule is Cc1cccc(C2CC(NC(=O)NCCC(N)Cc3ccccc3)C2)c1. The Hall–Kier alpha value is -2.33. The number of hydrogen-bond donors (Lipinski definition) is 3. The first kappa shape index (κ1) is 18.5. The average molecular weight is 351 g/mol. The Labute approximate surface area is 156 Å². The molecule has 1 aliphatic rings. The number of hydrogen-bond acceptors (Lipinski definition) is 2. The van der Waals surface area contributed by atoms with E-state index in [0.717, 1.165) is 25.7 Å². The Bertz CT molecular complexity index is 710. The van der Waals surface area contributed by atoms with E-state index in [1.165, 1.54) is 16.7 Å². The number of amides is 2.